The van der Waals surface area contributed by atoms with Crippen LogP contribution in [0.4, 0.5) is 5.69 Å². The van der Waals surface area contributed by atoms with Crippen LogP contribution in [-0.4, -0.2) is 16.0 Å². The first kappa shape index (κ1) is 16.9. The molecule has 0 spiro atoms. The van der Waals surface area contributed by atoms with Crippen molar-refractivity contribution in [2.75, 3.05) is 5.32 Å². The number of anilines is 1. The molecule has 2 aliphatic rings. The Hall–Kier alpha value is -1.92. The Kier molecular flexibility index (Phi) is 4.60. The van der Waals surface area contributed by atoms with Crippen molar-refractivity contribution in [3.8, 4) is 0 Å². The van der Waals surface area contributed by atoms with E-state index in [4.69, 9.17) is 10.3 Å². The van der Waals surface area contributed by atoms with Crippen molar-refractivity contribution in [1.82, 2.24) is 10.1 Å². The SMILES string of the molecule is Cl.NC1(c2noc(CCC3Cc4ccccc4NC3=O)n2)CCC1. The Morgan fingerprint density at radius 3 is 2.88 bits per heavy atom. The molecule has 24 heavy (non-hydrogen) atoms. The zero-order valence-electron chi connectivity index (χ0n) is 13.3. The third-order valence-electron chi connectivity index (χ3n) is 4.98. The quantitative estimate of drug-likeness (QED) is 0.885. The second-order valence-electron chi connectivity index (χ2n) is 6.61. The number of aryl methyl sites for hydroxylation is 1. The van der Waals surface area contributed by atoms with Gasteiger partial charge in [-0.25, -0.2) is 0 Å². The number of hydrogen-bond donors (Lipinski definition) is 2. The van der Waals surface area contributed by atoms with Gasteiger partial charge in [-0.2, -0.15) is 4.98 Å². The first-order valence-electron chi connectivity index (χ1n) is 8.15. The lowest BCUT2D eigenvalue weighted by molar-refractivity contribution is -0.120. The number of nitrogens with zero attached hydrogens (tertiary/aromatic N) is 2. The maximum atomic E-state index is 12.2. The Bertz CT molecular complexity index is 742. The molecule has 1 amide bonds. The molecule has 1 aliphatic carbocycles. The summed E-state index contributed by atoms with van der Waals surface area (Å²) in [5, 5.41) is 6.99. The summed E-state index contributed by atoms with van der Waals surface area (Å²) in [6, 6.07) is 7.92. The molecule has 1 atom stereocenters. The molecule has 4 rings (SSSR count). The fraction of sp³-hybridized carbons (Fsp3) is 0.471. The number of hydrogen-bond acceptors (Lipinski definition) is 5. The van der Waals surface area contributed by atoms with Crippen LogP contribution in [0.15, 0.2) is 28.8 Å². The van der Waals surface area contributed by atoms with Crippen molar-refractivity contribution in [3.63, 3.8) is 0 Å². The summed E-state index contributed by atoms with van der Waals surface area (Å²) >= 11 is 0. The van der Waals surface area contributed by atoms with E-state index in [0.29, 0.717) is 24.6 Å². The summed E-state index contributed by atoms with van der Waals surface area (Å²) in [5.74, 6) is 1.19. The number of benzene rings is 1. The summed E-state index contributed by atoms with van der Waals surface area (Å²) in [4.78, 5) is 16.6. The van der Waals surface area contributed by atoms with Gasteiger partial charge >= 0.3 is 0 Å². The second kappa shape index (κ2) is 6.53. The van der Waals surface area contributed by atoms with E-state index >= 15 is 0 Å². The first-order valence-corrected chi connectivity index (χ1v) is 8.15. The van der Waals surface area contributed by atoms with E-state index in [0.717, 1.165) is 31.4 Å². The van der Waals surface area contributed by atoms with Gasteiger partial charge in [0, 0.05) is 18.0 Å². The topological polar surface area (TPSA) is 94.0 Å². The van der Waals surface area contributed by atoms with Crippen molar-refractivity contribution in [2.45, 2.75) is 44.1 Å². The number of fused-ring (bicyclic) bond motifs is 1. The minimum Gasteiger partial charge on any atom is -0.339 e. The highest BCUT2D eigenvalue weighted by Crippen LogP contribution is 2.37. The standard InChI is InChI=1S/C17H20N4O2.ClH/c18-17(8-3-9-17)16-20-14(23-21-16)7-6-12-10-11-4-1-2-5-13(11)19-15(12)22;/h1-2,4-5,12H,3,6-10,18H2,(H,19,22);1H. The predicted octanol–water partition coefficient (Wildman–Crippen LogP) is 2.57. The van der Waals surface area contributed by atoms with Gasteiger partial charge in [-0.05, 0) is 43.7 Å². The number of halogens is 1. The van der Waals surface area contributed by atoms with Gasteiger partial charge in [0.05, 0.1) is 5.54 Å². The fourth-order valence-electron chi connectivity index (χ4n) is 3.28. The van der Waals surface area contributed by atoms with E-state index in [9.17, 15) is 4.79 Å². The zero-order chi connectivity index (χ0) is 15.9. The van der Waals surface area contributed by atoms with Crippen LogP contribution < -0.4 is 11.1 Å². The highest BCUT2D eigenvalue weighted by Gasteiger charge is 2.39. The van der Waals surface area contributed by atoms with Gasteiger partial charge in [0.1, 0.15) is 0 Å². The van der Waals surface area contributed by atoms with Gasteiger partial charge in [-0.15, -0.1) is 12.4 Å². The molecule has 1 aromatic heterocycles. The average Bonchev–Trinajstić information content (AvgIpc) is 3.00. The fourth-order valence-corrected chi connectivity index (χ4v) is 3.28. The molecule has 7 heteroatoms. The molecule has 1 aromatic carbocycles. The first-order chi connectivity index (χ1) is 11.1. The summed E-state index contributed by atoms with van der Waals surface area (Å²) in [7, 11) is 0. The van der Waals surface area contributed by atoms with Crippen molar-refractivity contribution < 1.29 is 9.32 Å². The monoisotopic (exact) mass is 348 g/mol. The minimum absolute atomic E-state index is 0. The van der Waals surface area contributed by atoms with Gasteiger partial charge in [0.25, 0.3) is 0 Å². The second-order valence-corrected chi connectivity index (χ2v) is 6.61. The minimum atomic E-state index is -0.400. The van der Waals surface area contributed by atoms with Gasteiger partial charge in [-0.3, -0.25) is 4.79 Å². The molecule has 0 saturated heterocycles. The molecule has 1 unspecified atom stereocenters. The van der Waals surface area contributed by atoms with E-state index < -0.39 is 5.54 Å². The van der Waals surface area contributed by atoms with Crippen molar-refractivity contribution in [1.29, 1.82) is 0 Å². The Balaban J connectivity index is 0.00000169. The van der Waals surface area contributed by atoms with Crippen LogP contribution >= 0.6 is 12.4 Å². The molecule has 3 N–H and O–H groups in total. The van der Waals surface area contributed by atoms with Crippen LogP contribution in [-0.2, 0) is 23.2 Å². The van der Waals surface area contributed by atoms with Crippen LogP contribution in [0.2, 0.25) is 0 Å². The maximum Gasteiger partial charge on any atom is 0.227 e. The largest absolute Gasteiger partial charge is 0.339 e. The number of nitrogens with two attached hydrogens (primary N) is 1. The van der Waals surface area contributed by atoms with Gasteiger partial charge < -0.3 is 15.6 Å². The molecule has 2 aromatic rings. The highest BCUT2D eigenvalue weighted by atomic mass is 35.5. The summed E-state index contributed by atoms with van der Waals surface area (Å²) in [6.45, 7) is 0. The number of rotatable bonds is 4. The molecule has 128 valence electrons. The molecule has 2 heterocycles. The lowest BCUT2D eigenvalue weighted by Gasteiger charge is -2.34. The molecule has 6 nitrogen and oxygen atoms in total. The van der Waals surface area contributed by atoms with E-state index in [2.05, 4.69) is 21.5 Å². The predicted molar refractivity (Wildman–Crippen MR) is 91.8 cm³/mol. The summed E-state index contributed by atoms with van der Waals surface area (Å²) in [5.41, 5.74) is 7.90. The number of para-hydroxylation sites is 1. The normalized spacial score (nSPS) is 21.2. The molecule has 1 saturated carbocycles. The van der Waals surface area contributed by atoms with Gasteiger partial charge in [-0.1, -0.05) is 23.4 Å². The molecule has 1 aliphatic heterocycles. The lowest BCUT2D eigenvalue weighted by Crippen LogP contribution is -2.44. The number of amides is 1. The van der Waals surface area contributed by atoms with Crippen LogP contribution in [0.5, 0.6) is 0 Å². The Morgan fingerprint density at radius 1 is 1.33 bits per heavy atom. The van der Waals surface area contributed by atoms with Crippen LogP contribution in [0, 0.1) is 5.92 Å². The smallest absolute Gasteiger partial charge is 0.227 e. The van der Waals surface area contributed by atoms with Crippen LogP contribution in [0.3, 0.4) is 0 Å². The Labute approximate surface area is 146 Å². The van der Waals surface area contributed by atoms with Crippen LogP contribution in [0.25, 0.3) is 0 Å². The third-order valence-corrected chi connectivity index (χ3v) is 4.98. The number of carbonyl (C=O) groups is 1. The lowest BCUT2D eigenvalue weighted by atomic mass is 9.77. The van der Waals surface area contributed by atoms with Gasteiger partial charge in [0.15, 0.2) is 5.82 Å². The van der Waals surface area contributed by atoms with Crippen molar-refractivity contribution in [3.05, 3.63) is 41.5 Å². The average molecular weight is 349 g/mol. The maximum absolute atomic E-state index is 12.2. The van der Waals surface area contributed by atoms with Crippen LogP contribution in [0.1, 0.15) is 43.0 Å². The number of aromatic nitrogens is 2. The molecule has 1 fully saturated rings. The number of nitrogens with one attached hydrogen (secondary N) is 1. The van der Waals surface area contributed by atoms with E-state index in [1.54, 1.807) is 0 Å². The van der Waals surface area contributed by atoms with E-state index in [1.165, 1.54) is 5.56 Å². The number of carbonyl (C=O) groups excluding carboxylic acids is 1. The van der Waals surface area contributed by atoms with Crippen molar-refractivity contribution >= 4 is 24.0 Å². The zero-order valence-corrected chi connectivity index (χ0v) is 14.1. The third kappa shape index (κ3) is 3.03. The highest BCUT2D eigenvalue weighted by molar-refractivity contribution is 5.95. The van der Waals surface area contributed by atoms with Crippen molar-refractivity contribution in [2.24, 2.45) is 11.7 Å². The molecular formula is C17H21ClN4O2. The van der Waals surface area contributed by atoms with E-state index in [1.807, 2.05) is 18.2 Å². The molecular weight excluding hydrogens is 328 g/mol. The summed E-state index contributed by atoms with van der Waals surface area (Å²) in [6.07, 6.45) is 4.98. The van der Waals surface area contributed by atoms with E-state index in [-0.39, 0.29) is 24.2 Å². The Morgan fingerprint density at radius 2 is 2.12 bits per heavy atom. The summed E-state index contributed by atoms with van der Waals surface area (Å²) < 4.78 is 5.31. The molecule has 0 bridgehead atoms. The van der Waals surface area contributed by atoms with Gasteiger partial charge in [0.2, 0.25) is 11.8 Å². The molecule has 0 radical (unpaired) electrons.